The number of amides is 1. The molecule has 0 atom stereocenters. The summed E-state index contributed by atoms with van der Waals surface area (Å²) in [7, 11) is 0. The Morgan fingerprint density at radius 3 is 2.37 bits per heavy atom. The van der Waals surface area contributed by atoms with Crippen molar-refractivity contribution in [3.8, 4) is 11.1 Å². The summed E-state index contributed by atoms with van der Waals surface area (Å²) in [5.74, 6) is 5.50. The summed E-state index contributed by atoms with van der Waals surface area (Å²) in [6.07, 6.45) is 2.08. The highest BCUT2D eigenvalue weighted by molar-refractivity contribution is 8.00. The predicted octanol–water partition coefficient (Wildman–Crippen LogP) is 4.83. The Balaban J connectivity index is 2.01. The molecule has 0 radical (unpaired) electrons. The number of anilines is 1. The van der Waals surface area contributed by atoms with Crippen LogP contribution >= 0.6 is 11.8 Å². The minimum atomic E-state index is -0.0866. The number of nitrogens with zero attached hydrogens (tertiary/aromatic N) is 2. The van der Waals surface area contributed by atoms with Crippen LogP contribution in [0.4, 0.5) is 5.69 Å². The molecule has 8 heteroatoms. The molecule has 0 aliphatic rings. The Morgan fingerprint density at radius 2 is 1.74 bits per heavy atom. The highest BCUT2D eigenvalue weighted by Crippen LogP contribution is 2.37. The first-order chi connectivity index (χ1) is 16.5. The zero-order valence-corrected chi connectivity index (χ0v) is 22.0. The van der Waals surface area contributed by atoms with Crippen molar-refractivity contribution < 1.29 is 4.79 Å². The van der Waals surface area contributed by atoms with Gasteiger partial charge >= 0.3 is 0 Å². The molecule has 6 N–H and O–H groups in total. The van der Waals surface area contributed by atoms with E-state index in [0.29, 0.717) is 17.7 Å². The van der Waals surface area contributed by atoms with Gasteiger partial charge in [0.2, 0.25) is 5.91 Å². The maximum absolute atomic E-state index is 13.2. The van der Waals surface area contributed by atoms with E-state index in [-0.39, 0.29) is 16.5 Å². The van der Waals surface area contributed by atoms with Crippen LogP contribution in [0, 0.1) is 20.8 Å². The first-order valence-corrected chi connectivity index (χ1v) is 12.2. The van der Waals surface area contributed by atoms with E-state index >= 15 is 0 Å². The fraction of sp³-hybridized carbons (Fsp3) is 0.296. The van der Waals surface area contributed by atoms with Gasteiger partial charge in [0.25, 0.3) is 0 Å². The molecule has 0 unspecified atom stereocenters. The Labute approximate surface area is 211 Å². The summed E-state index contributed by atoms with van der Waals surface area (Å²) < 4.78 is -0.0834. The molecule has 0 spiro atoms. The lowest BCUT2D eigenvalue weighted by Crippen LogP contribution is -2.23. The summed E-state index contributed by atoms with van der Waals surface area (Å²) in [5.41, 5.74) is 15.9. The lowest BCUT2D eigenvalue weighted by molar-refractivity contribution is -0.115. The van der Waals surface area contributed by atoms with Gasteiger partial charge in [-0.1, -0.05) is 74.5 Å². The van der Waals surface area contributed by atoms with Crippen molar-refractivity contribution in [2.24, 2.45) is 16.7 Å². The number of rotatable bonds is 7. The smallest absolute Gasteiger partial charge is 0.228 e. The molecule has 2 aromatic carbocycles. The number of nitrogens with one attached hydrogen (secondary N) is 2. The fourth-order valence-electron chi connectivity index (χ4n) is 3.99. The Bertz CT molecular complexity index is 1240. The molecular weight excluding hydrogens is 456 g/mol. The number of amidine groups is 1. The second-order valence-electron chi connectivity index (χ2n) is 9.57. The van der Waals surface area contributed by atoms with Crippen molar-refractivity contribution in [2.45, 2.75) is 57.7 Å². The van der Waals surface area contributed by atoms with E-state index in [1.807, 2.05) is 44.2 Å². The summed E-state index contributed by atoms with van der Waals surface area (Å²) in [6, 6.07) is 13.8. The van der Waals surface area contributed by atoms with Crippen LogP contribution < -0.4 is 22.4 Å². The second kappa shape index (κ2) is 10.9. The fourth-order valence-corrected chi connectivity index (χ4v) is 4.90. The van der Waals surface area contributed by atoms with Crippen LogP contribution in [0.5, 0.6) is 0 Å². The molecule has 7 nitrogen and oxygen atoms in total. The third kappa shape index (κ3) is 6.83. The standard InChI is InChI=1S/C27H34N6OS/c1-16-11-17(2)22(18(3)12-16)14-24(34)31-23-13-19(15-30-26(23)35-27(4,5)6)20-9-7-8-10-21(20)25(28)32-33-29/h7-13,15,33H,14,29H2,1-6H3,(H2,28,32)(H,31,34). The maximum atomic E-state index is 13.2. The molecule has 1 heterocycles. The maximum Gasteiger partial charge on any atom is 0.228 e. The van der Waals surface area contributed by atoms with Gasteiger partial charge in [-0.3, -0.25) is 4.79 Å². The number of aryl methyl sites for hydroxylation is 3. The Morgan fingerprint density at radius 1 is 1.09 bits per heavy atom. The van der Waals surface area contributed by atoms with Crippen molar-refractivity contribution in [1.29, 1.82) is 0 Å². The van der Waals surface area contributed by atoms with E-state index in [4.69, 9.17) is 16.6 Å². The van der Waals surface area contributed by atoms with Crippen LogP contribution in [0.2, 0.25) is 0 Å². The van der Waals surface area contributed by atoms with Gasteiger partial charge in [-0.15, -0.1) is 5.10 Å². The summed E-state index contributed by atoms with van der Waals surface area (Å²) in [6.45, 7) is 12.5. The van der Waals surface area contributed by atoms with Crippen molar-refractivity contribution in [3.63, 3.8) is 0 Å². The number of nitrogens with two attached hydrogens (primary N) is 2. The van der Waals surface area contributed by atoms with Crippen LogP contribution in [0.25, 0.3) is 11.1 Å². The number of carbonyl (C=O) groups excluding carboxylic acids is 1. The van der Waals surface area contributed by atoms with Crippen molar-refractivity contribution in [3.05, 3.63) is 76.5 Å². The number of aromatic nitrogens is 1. The molecular formula is C27H34N6OS. The van der Waals surface area contributed by atoms with Gasteiger partial charge in [-0.05, 0) is 49.1 Å². The lowest BCUT2D eigenvalue weighted by atomic mass is 9.97. The quantitative estimate of drug-likeness (QED) is 0.124. The molecule has 3 rings (SSSR count). The molecule has 0 saturated heterocycles. The summed E-state index contributed by atoms with van der Waals surface area (Å²) in [4.78, 5) is 17.9. The van der Waals surface area contributed by atoms with Crippen LogP contribution in [-0.2, 0) is 11.2 Å². The third-order valence-electron chi connectivity index (χ3n) is 5.40. The zero-order chi connectivity index (χ0) is 25.8. The molecule has 35 heavy (non-hydrogen) atoms. The van der Waals surface area contributed by atoms with Gasteiger partial charge in [0.15, 0.2) is 5.84 Å². The Kier molecular flexibility index (Phi) is 8.19. The van der Waals surface area contributed by atoms with E-state index in [9.17, 15) is 4.79 Å². The average molecular weight is 491 g/mol. The molecule has 0 aliphatic heterocycles. The van der Waals surface area contributed by atoms with Gasteiger partial charge in [0.05, 0.1) is 12.1 Å². The number of hydrazone groups is 1. The minimum Gasteiger partial charge on any atom is -0.382 e. The second-order valence-corrected chi connectivity index (χ2v) is 11.4. The van der Waals surface area contributed by atoms with E-state index in [2.05, 4.69) is 55.8 Å². The number of hydrogen-bond donors (Lipinski definition) is 4. The van der Waals surface area contributed by atoms with Gasteiger partial charge in [0.1, 0.15) is 5.03 Å². The summed E-state index contributed by atoms with van der Waals surface area (Å²) in [5, 5.41) is 7.79. The average Bonchev–Trinajstić information content (AvgIpc) is 2.76. The van der Waals surface area contributed by atoms with Gasteiger partial charge in [0, 0.05) is 22.1 Å². The molecule has 1 aromatic heterocycles. The van der Waals surface area contributed by atoms with Crippen LogP contribution in [-0.4, -0.2) is 21.5 Å². The molecule has 0 fully saturated rings. The van der Waals surface area contributed by atoms with E-state index < -0.39 is 0 Å². The molecule has 0 saturated carbocycles. The highest BCUT2D eigenvalue weighted by Gasteiger charge is 2.20. The number of benzene rings is 2. The highest BCUT2D eigenvalue weighted by atomic mass is 32.2. The van der Waals surface area contributed by atoms with Gasteiger partial charge in [-0.25, -0.2) is 16.4 Å². The number of hydrogen-bond acceptors (Lipinski definition) is 6. The molecule has 3 aromatic rings. The van der Waals surface area contributed by atoms with E-state index in [1.165, 1.54) is 5.56 Å². The van der Waals surface area contributed by atoms with Gasteiger partial charge in [-0.2, -0.15) is 0 Å². The van der Waals surface area contributed by atoms with Crippen LogP contribution in [0.3, 0.4) is 0 Å². The zero-order valence-electron chi connectivity index (χ0n) is 21.2. The van der Waals surface area contributed by atoms with Crippen molar-refractivity contribution in [2.75, 3.05) is 5.32 Å². The number of thioether (sulfide) groups is 1. The largest absolute Gasteiger partial charge is 0.382 e. The van der Waals surface area contributed by atoms with Gasteiger partial charge < -0.3 is 11.1 Å². The minimum absolute atomic E-state index is 0.0834. The van der Waals surface area contributed by atoms with Crippen LogP contribution in [0.1, 0.15) is 48.6 Å². The monoisotopic (exact) mass is 490 g/mol. The van der Waals surface area contributed by atoms with Crippen molar-refractivity contribution >= 4 is 29.2 Å². The molecule has 1 amide bonds. The first kappa shape index (κ1) is 26.2. The number of hydrazine groups is 1. The normalized spacial score (nSPS) is 11.9. The topological polar surface area (TPSA) is 118 Å². The van der Waals surface area contributed by atoms with E-state index in [1.54, 1.807) is 18.0 Å². The molecule has 184 valence electrons. The molecule has 0 bridgehead atoms. The Hall–Kier alpha value is -3.36. The summed E-state index contributed by atoms with van der Waals surface area (Å²) >= 11 is 1.61. The number of carbonyl (C=O) groups is 1. The van der Waals surface area contributed by atoms with Crippen LogP contribution in [0.15, 0.2) is 58.8 Å². The predicted molar refractivity (Wildman–Crippen MR) is 146 cm³/mol. The molecule has 0 aliphatic carbocycles. The third-order valence-corrected chi connectivity index (χ3v) is 6.54. The van der Waals surface area contributed by atoms with Crippen molar-refractivity contribution in [1.82, 2.24) is 10.5 Å². The SMILES string of the molecule is Cc1cc(C)c(CC(=O)Nc2cc(-c3ccccc3/C(N)=N/NN)cnc2SC(C)(C)C)c(C)c1. The number of pyridine rings is 1. The lowest BCUT2D eigenvalue weighted by Gasteiger charge is -2.20. The first-order valence-electron chi connectivity index (χ1n) is 11.4. The van der Waals surface area contributed by atoms with E-state index in [0.717, 1.165) is 32.8 Å².